The standard InChI is InChI=1S/C18H18N2O4/c1-12(2)16-9-5-13(10-17(16)20(22)23)4-7-15-8-6-14(11-19-15)18(21)24-3/h4-12H,1-3H3/b7-4+. The number of hydrogen-bond donors (Lipinski definition) is 0. The average Bonchev–Trinajstić information content (AvgIpc) is 2.59. The Kier molecular flexibility index (Phi) is 5.42. The molecule has 1 aromatic carbocycles. The van der Waals surface area contributed by atoms with Crippen LogP contribution in [-0.2, 0) is 4.74 Å². The predicted octanol–water partition coefficient (Wildman–Crippen LogP) is 4.07. The van der Waals surface area contributed by atoms with Gasteiger partial charge in [-0.2, -0.15) is 0 Å². The summed E-state index contributed by atoms with van der Waals surface area (Å²) < 4.78 is 4.61. The van der Waals surface area contributed by atoms with Gasteiger partial charge in [-0.15, -0.1) is 0 Å². The molecule has 124 valence electrons. The number of hydrogen-bond acceptors (Lipinski definition) is 5. The number of aromatic nitrogens is 1. The summed E-state index contributed by atoms with van der Waals surface area (Å²) in [5.74, 6) is -0.367. The van der Waals surface area contributed by atoms with Crippen molar-refractivity contribution < 1.29 is 14.5 Å². The van der Waals surface area contributed by atoms with E-state index in [4.69, 9.17) is 0 Å². The fourth-order valence-electron chi connectivity index (χ4n) is 2.23. The number of nitro groups is 1. The van der Waals surface area contributed by atoms with Gasteiger partial charge < -0.3 is 4.74 Å². The highest BCUT2D eigenvalue weighted by Crippen LogP contribution is 2.27. The molecule has 24 heavy (non-hydrogen) atoms. The SMILES string of the molecule is COC(=O)c1ccc(/C=C/c2ccc(C(C)C)c([N+](=O)[O-])c2)nc1. The number of nitro benzene ring substituents is 1. The molecule has 0 N–H and O–H groups in total. The van der Waals surface area contributed by atoms with E-state index in [1.807, 2.05) is 19.9 Å². The molecule has 0 aliphatic heterocycles. The van der Waals surface area contributed by atoms with Gasteiger partial charge in [-0.1, -0.05) is 32.1 Å². The Morgan fingerprint density at radius 1 is 1.25 bits per heavy atom. The van der Waals surface area contributed by atoms with E-state index in [-0.39, 0.29) is 16.5 Å². The lowest BCUT2D eigenvalue weighted by Crippen LogP contribution is -2.01. The molecule has 0 bridgehead atoms. The number of esters is 1. The summed E-state index contributed by atoms with van der Waals surface area (Å²) in [4.78, 5) is 26.3. The van der Waals surface area contributed by atoms with Crippen molar-refractivity contribution in [3.8, 4) is 0 Å². The molecule has 1 aromatic heterocycles. The first-order valence-corrected chi connectivity index (χ1v) is 7.43. The number of nitrogens with zero attached hydrogens (tertiary/aromatic N) is 2. The predicted molar refractivity (Wildman–Crippen MR) is 91.7 cm³/mol. The van der Waals surface area contributed by atoms with Crippen LogP contribution in [0.1, 0.15) is 46.9 Å². The number of carbonyl (C=O) groups excluding carboxylic acids is 1. The smallest absolute Gasteiger partial charge is 0.339 e. The third-order valence-electron chi connectivity index (χ3n) is 3.53. The normalized spacial score (nSPS) is 11.0. The van der Waals surface area contributed by atoms with Crippen LogP contribution in [0.2, 0.25) is 0 Å². The van der Waals surface area contributed by atoms with Crippen LogP contribution in [-0.4, -0.2) is 23.0 Å². The number of benzene rings is 1. The first kappa shape index (κ1) is 17.3. The molecule has 0 aliphatic carbocycles. The van der Waals surface area contributed by atoms with Crippen molar-refractivity contribution in [3.63, 3.8) is 0 Å². The van der Waals surface area contributed by atoms with Gasteiger partial charge in [0.25, 0.3) is 5.69 Å². The fourth-order valence-corrected chi connectivity index (χ4v) is 2.23. The Hall–Kier alpha value is -3.02. The molecule has 0 radical (unpaired) electrons. The van der Waals surface area contributed by atoms with Crippen molar-refractivity contribution in [2.45, 2.75) is 19.8 Å². The van der Waals surface area contributed by atoms with Crippen LogP contribution >= 0.6 is 0 Å². The molecule has 0 spiro atoms. The van der Waals surface area contributed by atoms with Gasteiger partial charge in [-0.05, 0) is 29.7 Å². The monoisotopic (exact) mass is 326 g/mol. The van der Waals surface area contributed by atoms with Crippen LogP contribution in [0.25, 0.3) is 12.2 Å². The zero-order valence-electron chi connectivity index (χ0n) is 13.7. The quantitative estimate of drug-likeness (QED) is 0.470. The summed E-state index contributed by atoms with van der Waals surface area (Å²) in [5, 5.41) is 11.2. The van der Waals surface area contributed by atoms with Gasteiger partial charge in [0.1, 0.15) is 0 Å². The van der Waals surface area contributed by atoms with Gasteiger partial charge in [-0.25, -0.2) is 4.79 Å². The molecule has 0 amide bonds. The minimum atomic E-state index is -0.446. The lowest BCUT2D eigenvalue weighted by molar-refractivity contribution is -0.385. The zero-order chi connectivity index (χ0) is 17.7. The highest BCUT2D eigenvalue weighted by Gasteiger charge is 2.16. The van der Waals surface area contributed by atoms with Crippen LogP contribution in [0.4, 0.5) is 5.69 Å². The number of rotatable bonds is 5. The topological polar surface area (TPSA) is 82.3 Å². The number of ether oxygens (including phenoxy) is 1. The molecular formula is C18H18N2O4. The maximum atomic E-state index is 11.3. The van der Waals surface area contributed by atoms with Crippen LogP contribution in [0.5, 0.6) is 0 Å². The molecule has 0 aliphatic rings. The lowest BCUT2D eigenvalue weighted by atomic mass is 9.99. The van der Waals surface area contributed by atoms with E-state index in [2.05, 4.69) is 9.72 Å². The summed E-state index contributed by atoms with van der Waals surface area (Å²) in [6, 6.07) is 8.45. The van der Waals surface area contributed by atoms with E-state index >= 15 is 0 Å². The summed E-state index contributed by atoms with van der Waals surface area (Å²) in [6.07, 6.45) is 4.90. The van der Waals surface area contributed by atoms with Crippen LogP contribution in [0.3, 0.4) is 0 Å². The van der Waals surface area contributed by atoms with E-state index in [0.717, 1.165) is 0 Å². The van der Waals surface area contributed by atoms with E-state index in [9.17, 15) is 14.9 Å². The molecule has 0 saturated carbocycles. The first-order chi connectivity index (χ1) is 11.4. The van der Waals surface area contributed by atoms with Crippen molar-refractivity contribution in [1.29, 1.82) is 0 Å². The zero-order valence-corrected chi connectivity index (χ0v) is 13.7. The van der Waals surface area contributed by atoms with Crippen molar-refractivity contribution in [3.05, 3.63) is 69.0 Å². The van der Waals surface area contributed by atoms with Crippen molar-refractivity contribution >= 4 is 23.8 Å². The summed E-state index contributed by atoms with van der Waals surface area (Å²) in [7, 11) is 1.31. The van der Waals surface area contributed by atoms with Crippen LogP contribution in [0.15, 0.2) is 36.5 Å². The minimum Gasteiger partial charge on any atom is -0.465 e. The largest absolute Gasteiger partial charge is 0.465 e. The maximum Gasteiger partial charge on any atom is 0.339 e. The Bertz CT molecular complexity index is 780. The highest BCUT2D eigenvalue weighted by atomic mass is 16.6. The Labute approximate surface area is 140 Å². The van der Waals surface area contributed by atoms with Gasteiger partial charge >= 0.3 is 5.97 Å². The second-order valence-electron chi connectivity index (χ2n) is 5.53. The molecule has 0 atom stereocenters. The summed E-state index contributed by atoms with van der Waals surface area (Å²) >= 11 is 0. The molecule has 2 rings (SSSR count). The second-order valence-corrected chi connectivity index (χ2v) is 5.53. The van der Waals surface area contributed by atoms with Gasteiger partial charge in [0.05, 0.1) is 23.3 Å². The summed E-state index contributed by atoms with van der Waals surface area (Å²) in [5.41, 5.74) is 2.54. The number of carbonyl (C=O) groups is 1. The molecule has 6 heteroatoms. The molecule has 2 aromatic rings. The van der Waals surface area contributed by atoms with Crippen molar-refractivity contribution in [1.82, 2.24) is 4.98 Å². The molecule has 6 nitrogen and oxygen atoms in total. The molecule has 1 heterocycles. The van der Waals surface area contributed by atoms with Gasteiger partial charge in [0.15, 0.2) is 0 Å². The van der Waals surface area contributed by atoms with Gasteiger partial charge in [0, 0.05) is 17.8 Å². The van der Waals surface area contributed by atoms with E-state index in [1.54, 1.807) is 36.4 Å². The van der Waals surface area contributed by atoms with E-state index in [1.165, 1.54) is 13.3 Å². The molecule has 0 unspecified atom stereocenters. The van der Waals surface area contributed by atoms with Crippen LogP contribution < -0.4 is 0 Å². The Morgan fingerprint density at radius 2 is 2.00 bits per heavy atom. The maximum absolute atomic E-state index is 11.3. The van der Waals surface area contributed by atoms with Crippen LogP contribution in [0, 0.1) is 10.1 Å². The van der Waals surface area contributed by atoms with Crippen molar-refractivity contribution in [2.75, 3.05) is 7.11 Å². The molecule has 0 fully saturated rings. The first-order valence-electron chi connectivity index (χ1n) is 7.43. The second kappa shape index (κ2) is 7.50. The fraction of sp³-hybridized carbons (Fsp3) is 0.222. The van der Waals surface area contributed by atoms with Gasteiger partial charge in [-0.3, -0.25) is 15.1 Å². The van der Waals surface area contributed by atoms with Crippen molar-refractivity contribution in [2.24, 2.45) is 0 Å². The third-order valence-corrected chi connectivity index (χ3v) is 3.53. The summed E-state index contributed by atoms with van der Waals surface area (Å²) in [6.45, 7) is 3.84. The lowest BCUT2D eigenvalue weighted by Gasteiger charge is -2.07. The Balaban J connectivity index is 2.24. The van der Waals surface area contributed by atoms with Gasteiger partial charge in [0.2, 0.25) is 0 Å². The number of methoxy groups -OCH3 is 1. The molecular weight excluding hydrogens is 308 g/mol. The Morgan fingerprint density at radius 3 is 2.54 bits per heavy atom. The average molecular weight is 326 g/mol. The number of pyridine rings is 1. The highest BCUT2D eigenvalue weighted by molar-refractivity contribution is 5.89. The van der Waals surface area contributed by atoms with E-state index < -0.39 is 5.97 Å². The van der Waals surface area contributed by atoms with E-state index in [0.29, 0.717) is 22.4 Å². The molecule has 0 saturated heterocycles. The minimum absolute atomic E-state index is 0.0796. The third kappa shape index (κ3) is 4.04.